The van der Waals surface area contributed by atoms with Crippen LogP contribution in [0.4, 0.5) is 0 Å². The van der Waals surface area contributed by atoms with E-state index >= 15 is 0 Å². The third kappa shape index (κ3) is 5.69. The van der Waals surface area contributed by atoms with Crippen molar-refractivity contribution in [3.8, 4) is 0 Å². The van der Waals surface area contributed by atoms with Crippen molar-refractivity contribution in [3.05, 3.63) is 0 Å². The number of esters is 1. The summed E-state index contributed by atoms with van der Waals surface area (Å²) in [4.78, 5) is 33.5. The molecule has 7 heteroatoms. The highest BCUT2D eigenvalue weighted by Crippen LogP contribution is 2.17. The summed E-state index contributed by atoms with van der Waals surface area (Å²) < 4.78 is 4.38. The molecule has 7 nitrogen and oxygen atoms in total. The van der Waals surface area contributed by atoms with Crippen molar-refractivity contribution in [3.63, 3.8) is 0 Å². The summed E-state index contributed by atoms with van der Waals surface area (Å²) in [6.07, 6.45) is 4.01. The van der Waals surface area contributed by atoms with Gasteiger partial charge in [0.1, 0.15) is 6.04 Å². The summed E-state index contributed by atoms with van der Waals surface area (Å²) in [6.45, 7) is 0.0651. The Morgan fingerprint density at radius 3 is 2.47 bits per heavy atom. The number of amides is 1. The first-order valence-electron chi connectivity index (χ1n) is 6.35. The molecule has 1 rings (SSSR count). The number of carbonyl (C=O) groups excluding carboxylic acids is 2. The number of ether oxygens (including phenoxy) is 1. The molecule has 19 heavy (non-hydrogen) atoms. The van der Waals surface area contributed by atoms with Gasteiger partial charge < -0.3 is 20.5 Å². The van der Waals surface area contributed by atoms with Crippen LogP contribution in [0.5, 0.6) is 0 Å². The third-order valence-corrected chi connectivity index (χ3v) is 3.14. The molecule has 0 unspecified atom stereocenters. The zero-order valence-corrected chi connectivity index (χ0v) is 11.0. The van der Waals surface area contributed by atoms with Crippen LogP contribution in [0.15, 0.2) is 0 Å². The van der Waals surface area contributed by atoms with E-state index in [-0.39, 0.29) is 13.0 Å². The number of carbonyl (C=O) groups is 3. The number of hydrogen-bond donors (Lipinski definition) is 3. The monoisotopic (exact) mass is 272 g/mol. The van der Waals surface area contributed by atoms with Crippen LogP contribution in [-0.4, -0.2) is 48.7 Å². The van der Waals surface area contributed by atoms with Crippen molar-refractivity contribution in [1.29, 1.82) is 0 Å². The number of rotatable bonds is 7. The molecule has 0 aromatic carbocycles. The molecule has 0 saturated heterocycles. The smallest absolute Gasteiger partial charge is 0.326 e. The van der Waals surface area contributed by atoms with Crippen molar-refractivity contribution in [2.45, 2.75) is 44.2 Å². The van der Waals surface area contributed by atoms with Crippen LogP contribution in [0.25, 0.3) is 0 Å². The van der Waals surface area contributed by atoms with Gasteiger partial charge in [-0.15, -0.1) is 0 Å². The molecule has 1 saturated carbocycles. The predicted octanol–water partition coefficient (Wildman–Crippen LogP) is -0.349. The van der Waals surface area contributed by atoms with E-state index in [0.717, 1.165) is 25.7 Å². The number of hydrogen-bond acceptors (Lipinski definition) is 5. The lowest BCUT2D eigenvalue weighted by Gasteiger charge is -2.15. The fraction of sp³-hybridized carbons (Fsp3) is 0.750. The topological polar surface area (TPSA) is 105 Å². The fourth-order valence-corrected chi connectivity index (χ4v) is 2.06. The average Bonchev–Trinajstić information content (AvgIpc) is 2.88. The molecular formula is C12H20N2O5. The van der Waals surface area contributed by atoms with Gasteiger partial charge >= 0.3 is 11.9 Å². The molecule has 1 aliphatic rings. The van der Waals surface area contributed by atoms with Gasteiger partial charge in [-0.3, -0.25) is 9.59 Å². The molecular weight excluding hydrogens is 252 g/mol. The molecule has 0 aromatic rings. The van der Waals surface area contributed by atoms with Crippen LogP contribution in [0.1, 0.15) is 32.1 Å². The lowest BCUT2D eigenvalue weighted by atomic mass is 10.2. The van der Waals surface area contributed by atoms with Crippen LogP contribution in [-0.2, 0) is 19.1 Å². The van der Waals surface area contributed by atoms with Gasteiger partial charge in [-0.25, -0.2) is 4.79 Å². The molecule has 1 aliphatic carbocycles. The fourth-order valence-electron chi connectivity index (χ4n) is 2.06. The first-order valence-corrected chi connectivity index (χ1v) is 6.35. The molecule has 0 heterocycles. The lowest BCUT2D eigenvalue weighted by molar-refractivity contribution is -0.148. The Kier molecular flexibility index (Phi) is 6.27. The number of carboxylic acid groups (broad SMARTS) is 1. The van der Waals surface area contributed by atoms with Crippen LogP contribution in [0, 0.1) is 0 Å². The number of nitrogens with one attached hydrogen (secondary N) is 2. The second-order valence-corrected chi connectivity index (χ2v) is 4.60. The molecule has 0 radical (unpaired) electrons. The highest BCUT2D eigenvalue weighted by Gasteiger charge is 2.24. The molecule has 1 atom stereocenters. The van der Waals surface area contributed by atoms with E-state index in [1.165, 1.54) is 7.11 Å². The van der Waals surface area contributed by atoms with E-state index in [9.17, 15) is 14.4 Å². The zero-order valence-electron chi connectivity index (χ0n) is 11.0. The zero-order chi connectivity index (χ0) is 14.3. The molecule has 1 fully saturated rings. The van der Waals surface area contributed by atoms with E-state index in [2.05, 4.69) is 15.4 Å². The quantitative estimate of drug-likeness (QED) is 0.547. The first-order chi connectivity index (χ1) is 9.02. The maximum absolute atomic E-state index is 11.6. The van der Waals surface area contributed by atoms with Crippen molar-refractivity contribution in [2.75, 3.05) is 13.7 Å². The van der Waals surface area contributed by atoms with Crippen molar-refractivity contribution < 1.29 is 24.2 Å². The summed E-state index contributed by atoms with van der Waals surface area (Å²) in [5, 5.41) is 14.3. The minimum Gasteiger partial charge on any atom is -0.480 e. The highest BCUT2D eigenvalue weighted by atomic mass is 16.5. The van der Waals surface area contributed by atoms with Crippen LogP contribution in [0.3, 0.4) is 0 Å². The third-order valence-electron chi connectivity index (χ3n) is 3.14. The lowest BCUT2D eigenvalue weighted by Crippen LogP contribution is -2.46. The average molecular weight is 272 g/mol. The van der Waals surface area contributed by atoms with E-state index in [1.807, 2.05) is 0 Å². The van der Waals surface area contributed by atoms with Gasteiger partial charge in [-0.2, -0.15) is 0 Å². The Balaban J connectivity index is 2.33. The molecule has 0 aliphatic heterocycles. The summed E-state index contributed by atoms with van der Waals surface area (Å²) in [5.41, 5.74) is 0. The normalized spacial score (nSPS) is 16.9. The summed E-state index contributed by atoms with van der Waals surface area (Å²) in [6, 6.07) is -0.917. The minimum atomic E-state index is -1.25. The minimum absolute atomic E-state index is 0.0651. The van der Waals surface area contributed by atoms with Crippen molar-refractivity contribution >= 4 is 17.8 Å². The van der Waals surface area contributed by atoms with Crippen LogP contribution < -0.4 is 10.6 Å². The Labute approximate surface area is 111 Å². The number of methoxy groups -OCH3 is 1. The molecule has 108 valence electrons. The van der Waals surface area contributed by atoms with Gasteiger partial charge in [-0.1, -0.05) is 12.8 Å². The maximum atomic E-state index is 11.6. The summed E-state index contributed by atoms with van der Waals surface area (Å²) >= 11 is 0. The van der Waals surface area contributed by atoms with E-state index in [0.29, 0.717) is 6.04 Å². The number of aliphatic carboxylic acids is 1. The van der Waals surface area contributed by atoms with Gasteiger partial charge in [-0.05, 0) is 12.8 Å². The Morgan fingerprint density at radius 1 is 1.32 bits per heavy atom. The molecule has 0 aromatic heterocycles. The van der Waals surface area contributed by atoms with Gasteiger partial charge in [0.15, 0.2) is 0 Å². The predicted molar refractivity (Wildman–Crippen MR) is 66.5 cm³/mol. The van der Waals surface area contributed by atoms with E-state index < -0.39 is 23.9 Å². The van der Waals surface area contributed by atoms with Crippen LogP contribution in [0.2, 0.25) is 0 Å². The van der Waals surface area contributed by atoms with E-state index in [4.69, 9.17) is 5.11 Å². The molecule has 3 N–H and O–H groups in total. The Hall–Kier alpha value is -1.63. The maximum Gasteiger partial charge on any atom is 0.326 e. The standard InChI is InChI=1S/C12H20N2O5/c1-19-11(16)6-9(12(17)18)14-10(15)7-13-8-4-2-3-5-8/h8-9,13H,2-7H2,1H3,(H,14,15)(H,17,18)/t9-/m0/s1. The summed E-state index contributed by atoms with van der Waals surface area (Å²) in [7, 11) is 1.17. The molecule has 0 spiro atoms. The largest absolute Gasteiger partial charge is 0.480 e. The SMILES string of the molecule is COC(=O)C[C@H](NC(=O)CNC1CCCC1)C(=O)O. The second kappa shape index (κ2) is 7.73. The van der Waals surface area contributed by atoms with Gasteiger partial charge in [0, 0.05) is 6.04 Å². The highest BCUT2D eigenvalue weighted by molar-refractivity contribution is 5.87. The first kappa shape index (κ1) is 15.4. The Morgan fingerprint density at radius 2 is 1.95 bits per heavy atom. The van der Waals surface area contributed by atoms with Crippen molar-refractivity contribution in [1.82, 2.24) is 10.6 Å². The van der Waals surface area contributed by atoms with Crippen molar-refractivity contribution in [2.24, 2.45) is 0 Å². The number of carboxylic acids is 1. The van der Waals surface area contributed by atoms with Gasteiger partial charge in [0.25, 0.3) is 0 Å². The summed E-state index contributed by atoms with van der Waals surface area (Å²) in [5.74, 6) is -2.35. The van der Waals surface area contributed by atoms with Gasteiger partial charge in [0.2, 0.25) is 5.91 Å². The Bertz CT molecular complexity index is 339. The van der Waals surface area contributed by atoms with Gasteiger partial charge in [0.05, 0.1) is 20.1 Å². The second-order valence-electron chi connectivity index (χ2n) is 4.60. The van der Waals surface area contributed by atoms with Crippen LogP contribution >= 0.6 is 0 Å². The molecule has 1 amide bonds. The van der Waals surface area contributed by atoms with E-state index in [1.54, 1.807) is 0 Å². The molecule has 0 bridgehead atoms.